The van der Waals surface area contributed by atoms with Gasteiger partial charge in [-0.25, -0.2) is 5.43 Å². The molecule has 0 saturated carbocycles. The molecule has 0 bridgehead atoms. The Morgan fingerprint density at radius 2 is 1.95 bits per heavy atom. The van der Waals surface area contributed by atoms with Gasteiger partial charge >= 0.3 is 0 Å². The van der Waals surface area contributed by atoms with Crippen molar-refractivity contribution in [1.29, 1.82) is 0 Å². The van der Waals surface area contributed by atoms with Crippen molar-refractivity contribution in [3.05, 3.63) is 63.7 Å². The Hall–Kier alpha value is -1.34. The quantitative estimate of drug-likeness (QED) is 0.351. The molecular formula is C16H15IN2OS. The van der Waals surface area contributed by atoms with Gasteiger partial charge in [0, 0.05) is 8.47 Å². The highest BCUT2D eigenvalue weighted by Crippen LogP contribution is 2.16. The van der Waals surface area contributed by atoms with Crippen LogP contribution in [0.1, 0.15) is 12.5 Å². The van der Waals surface area contributed by atoms with Crippen molar-refractivity contribution in [2.45, 2.75) is 11.8 Å². The van der Waals surface area contributed by atoms with Gasteiger partial charge in [-0.2, -0.15) is 5.10 Å². The first kappa shape index (κ1) is 16.0. The molecule has 0 aliphatic carbocycles. The second-order valence-electron chi connectivity index (χ2n) is 4.34. The zero-order valence-electron chi connectivity index (χ0n) is 11.5. The van der Waals surface area contributed by atoms with Crippen LogP contribution in [0.4, 0.5) is 0 Å². The summed E-state index contributed by atoms with van der Waals surface area (Å²) in [5, 5.41) is 4.15. The molecule has 0 heterocycles. The summed E-state index contributed by atoms with van der Waals surface area (Å²) < 4.78 is 1.14. The van der Waals surface area contributed by atoms with Crippen LogP contribution in [0.2, 0.25) is 0 Å². The van der Waals surface area contributed by atoms with Crippen molar-refractivity contribution >= 4 is 46.0 Å². The van der Waals surface area contributed by atoms with Crippen LogP contribution in [-0.2, 0) is 4.79 Å². The first-order valence-corrected chi connectivity index (χ1v) is 8.48. The number of hydrazone groups is 1. The summed E-state index contributed by atoms with van der Waals surface area (Å²) in [4.78, 5) is 12.9. The van der Waals surface area contributed by atoms with Crippen molar-refractivity contribution in [2.75, 3.05) is 5.75 Å². The molecule has 1 N–H and O–H groups in total. The minimum Gasteiger partial charge on any atom is -0.272 e. The van der Waals surface area contributed by atoms with Gasteiger partial charge < -0.3 is 0 Å². The molecule has 0 spiro atoms. The number of hydrogen-bond acceptors (Lipinski definition) is 3. The summed E-state index contributed by atoms with van der Waals surface area (Å²) >= 11 is 3.75. The Morgan fingerprint density at radius 1 is 1.19 bits per heavy atom. The average molecular weight is 410 g/mol. The monoisotopic (exact) mass is 410 g/mol. The SMILES string of the molecule is CC(=NNC(=O)CSc1ccccc1)c1cccc(I)c1. The number of carbonyl (C=O) groups is 1. The minimum absolute atomic E-state index is 0.103. The Labute approximate surface area is 142 Å². The van der Waals surface area contributed by atoms with E-state index in [2.05, 4.69) is 33.1 Å². The van der Waals surface area contributed by atoms with Crippen molar-refractivity contribution in [3.8, 4) is 0 Å². The fourth-order valence-corrected chi connectivity index (χ4v) is 2.88. The number of hydrogen-bond donors (Lipinski definition) is 1. The van der Waals surface area contributed by atoms with E-state index >= 15 is 0 Å². The molecule has 0 radical (unpaired) electrons. The maximum atomic E-state index is 11.8. The smallest absolute Gasteiger partial charge is 0.250 e. The summed E-state index contributed by atoms with van der Waals surface area (Å²) in [6.07, 6.45) is 0. The van der Waals surface area contributed by atoms with Gasteiger partial charge in [-0.15, -0.1) is 11.8 Å². The van der Waals surface area contributed by atoms with Crippen molar-refractivity contribution < 1.29 is 4.79 Å². The maximum absolute atomic E-state index is 11.8. The number of thioether (sulfide) groups is 1. The standard InChI is InChI=1S/C16H15IN2OS/c1-12(13-6-5-7-14(17)10-13)18-19-16(20)11-21-15-8-3-2-4-9-15/h2-10H,11H2,1H3,(H,19,20). The van der Waals surface area contributed by atoms with Gasteiger partial charge in [0.1, 0.15) is 0 Å². The summed E-state index contributed by atoms with van der Waals surface area (Å²) in [6, 6.07) is 17.8. The van der Waals surface area contributed by atoms with Gasteiger partial charge in [0.25, 0.3) is 0 Å². The first-order chi connectivity index (χ1) is 10.1. The molecule has 3 nitrogen and oxygen atoms in total. The normalized spacial score (nSPS) is 11.2. The fourth-order valence-electron chi connectivity index (χ4n) is 1.62. The lowest BCUT2D eigenvalue weighted by Crippen LogP contribution is -2.21. The van der Waals surface area contributed by atoms with E-state index in [9.17, 15) is 4.79 Å². The zero-order chi connectivity index (χ0) is 15.1. The molecule has 1 amide bonds. The average Bonchev–Trinajstić information content (AvgIpc) is 2.51. The third-order valence-electron chi connectivity index (χ3n) is 2.70. The molecule has 2 rings (SSSR count). The zero-order valence-corrected chi connectivity index (χ0v) is 14.5. The summed E-state index contributed by atoms with van der Waals surface area (Å²) in [6.45, 7) is 1.88. The Kier molecular flexibility index (Phi) is 6.25. The topological polar surface area (TPSA) is 41.5 Å². The minimum atomic E-state index is -0.103. The molecule has 0 aromatic heterocycles. The van der Waals surface area contributed by atoms with E-state index in [-0.39, 0.29) is 5.91 Å². The molecule has 0 atom stereocenters. The molecule has 0 aliphatic rings. The lowest BCUT2D eigenvalue weighted by atomic mass is 10.1. The summed E-state index contributed by atoms with van der Waals surface area (Å²) in [5.41, 5.74) is 4.41. The van der Waals surface area contributed by atoms with Crippen LogP contribution < -0.4 is 5.43 Å². The van der Waals surface area contributed by atoms with Crippen molar-refractivity contribution in [1.82, 2.24) is 5.43 Å². The highest BCUT2D eigenvalue weighted by molar-refractivity contribution is 14.1. The van der Waals surface area contributed by atoms with Crippen molar-refractivity contribution in [3.63, 3.8) is 0 Å². The van der Waals surface area contributed by atoms with Crippen LogP contribution in [0.3, 0.4) is 0 Å². The van der Waals surface area contributed by atoms with Crippen LogP contribution in [0.5, 0.6) is 0 Å². The molecule has 0 aliphatic heterocycles. The molecule has 0 saturated heterocycles. The highest BCUT2D eigenvalue weighted by Gasteiger charge is 2.03. The Balaban J connectivity index is 1.87. The number of nitrogens with zero attached hydrogens (tertiary/aromatic N) is 1. The van der Waals surface area contributed by atoms with E-state index in [0.29, 0.717) is 5.75 Å². The maximum Gasteiger partial charge on any atom is 0.250 e. The predicted molar refractivity (Wildman–Crippen MR) is 96.7 cm³/mol. The second kappa shape index (κ2) is 8.19. The van der Waals surface area contributed by atoms with Crippen LogP contribution in [0, 0.1) is 3.57 Å². The lowest BCUT2D eigenvalue weighted by molar-refractivity contribution is -0.118. The van der Waals surface area contributed by atoms with Gasteiger partial charge in [0.2, 0.25) is 5.91 Å². The summed E-state index contributed by atoms with van der Waals surface area (Å²) in [7, 11) is 0. The van der Waals surface area contributed by atoms with Gasteiger partial charge in [0.05, 0.1) is 11.5 Å². The fraction of sp³-hybridized carbons (Fsp3) is 0.125. The largest absolute Gasteiger partial charge is 0.272 e. The molecule has 2 aromatic carbocycles. The van der Waals surface area contributed by atoms with E-state index < -0.39 is 0 Å². The number of benzene rings is 2. The highest BCUT2D eigenvalue weighted by atomic mass is 127. The predicted octanol–water partition coefficient (Wildman–Crippen LogP) is 3.92. The Morgan fingerprint density at radius 3 is 2.67 bits per heavy atom. The lowest BCUT2D eigenvalue weighted by Gasteiger charge is -2.03. The van der Waals surface area contributed by atoms with Gasteiger partial charge in [0.15, 0.2) is 0 Å². The number of carbonyl (C=O) groups excluding carboxylic acids is 1. The number of rotatable bonds is 5. The van der Waals surface area contributed by atoms with Gasteiger partial charge in [-0.3, -0.25) is 4.79 Å². The van der Waals surface area contributed by atoms with E-state index in [1.54, 1.807) is 0 Å². The van der Waals surface area contributed by atoms with Crippen LogP contribution >= 0.6 is 34.4 Å². The first-order valence-electron chi connectivity index (χ1n) is 6.42. The van der Waals surface area contributed by atoms with Crippen LogP contribution in [-0.4, -0.2) is 17.4 Å². The van der Waals surface area contributed by atoms with Gasteiger partial charge in [-0.05, 0) is 59.3 Å². The molecule has 0 fully saturated rings. The van der Waals surface area contributed by atoms with E-state index in [1.165, 1.54) is 11.8 Å². The molecule has 108 valence electrons. The molecular weight excluding hydrogens is 395 g/mol. The molecule has 21 heavy (non-hydrogen) atoms. The number of halogens is 1. The second-order valence-corrected chi connectivity index (χ2v) is 6.64. The van der Waals surface area contributed by atoms with E-state index in [0.717, 1.165) is 19.7 Å². The summed E-state index contributed by atoms with van der Waals surface area (Å²) in [5.74, 6) is 0.251. The molecule has 5 heteroatoms. The van der Waals surface area contributed by atoms with E-state index in [4.69, 9.17) is 0 Å². The van der Waals surface area contributed by atoms with Gasteiger partial charge in [-0.1, -0.05) is 30.3 Å². The third-order valence-corrected chi connectivity index (χ3v) is 4.39. The Bertz CT molecular complexity index is 644. The number of nitrogens with one attached hydrogen (secondary N) is 1. The van der Waals surface area contributed by atoms with Crippen molar-refractivity contribution in [2.24, 2.45) is 5.10 Å². The van der Waals surface area contributed by atoms with Crippen LogP contribution in [0.25, 0.3) is 0 Å². The third kappa shape index (κ3) is 5.51. The molecule has 0 unspecified atom stereocenters. The number of amides is 1. The van der Waals surface area contributed by atoms with E-state index in [1.807, 2.05) is 61.5 Å². The molecule has 2 aromatic rings. The van der Waals surface area contributed by atoms with Crippen LogP contribution in [0.15, 0.2) is 64.6 Å².